The van der Waals surface area contributed by atoms with Crippen LogP contribution >= 0.6 is 11.6 Å². The van der Waals surface area contributed by atoms with Crippen molar-refractivity contribution in [1.82, 2.24) is 4.31 Å². The molecule has 0 spiro atoms. The van der Waals surface area contributed by atoms with E-state index in [0.717, 1.165) is 11.3 Å². The smallest absolute Gasteiger partial charge is 0.243 e. The second-order valence-electron chi connectivity index (χ2n) is 4.79. The Kier molecular flexibility index (Phi) is 5.45. The highest BCUT2D eigenvalue weighted by Gasteiger charge is 2.20. The highest BCUT2D eigenvalue weighted by atomic mass is 35.5. The second-order valence-corrected chi connectivity index (χ2v) is 7.27. The van der Waals surface area contributed by atoms with E-state index in [0.29, 0.717) is 11.6 Å². The predicted octanol–water partition coefficient (Wildman–Crippen LogP) is 3.56. The summed E-state index contributed by atoms with van der Waals surface area (Å²) in [5.41, 5.74) is 0.892. The van der Waals surface area contributed by atoms with E-state index in [1.807, 2.05) is 31.2 Å². The number of ether oxygens (including phenoxy) is 1. The highest BCUT2D eigenvalue weighted by molar-refractivity contribution is 7.89. The van der Waals surface area contributed by atoms with Crippen LogP contribution in [-0.2, 0) is 16.6 Å². The first-order valence-electron chi connectivity index (χ1n) is 6.87. The molecule has 0 atom stereocenters. The number of rotatable bonds is 6. The zero-order valence-electron chi connectivity index (χ0n) is 12.5. The summed E-state index contributed by atoms with van der Waals surface area (Å²) in [5, 5.41) is 0.508. The molecule has 6 heteroatoms. The molecule has 4 nitrogen and oxygen atoms in total. The summed E-state index contributed by atoms with van der Waals surface area (Å²) in [6.07, 6.45) is 0. The van der Waals surface area contributed by atoms with Crippen molar-refractivity contribution in [2.75, 3.05) is 13.7 Å². The lowest BCUT2D eigenvalue weighted by molar-refractivity contribution is 0.340. The largest absolute Gasteiger partial charge is 0.494 e. The van der Waals surface area contributed by atoms with Crippen molar-refractivity contribution in [3.8, 4) is 5.75 Å². The fraction of sp³-hybridized carbons (Fsp3) is 0.250. The minimum atomic E-state index is -3.53. The van der Waals surface area contributed by atoms with Crippen LogP contribution in [0.4, 0.5) is 0 Å². The summed E-state index contributed by atoms with van der Waals surface area (Å²) in [7, 11) is -1.97. The molecular weight excluding hydrogens is 322 g/mol. The van der Waals surface area contributed by atoms with Gasteiger partial charge in [0.05, 0.1) is 11.5 Å². The van der Waals surface area contributed by atoms with Crippen LogP contribution in [0.3, 0.4) is 0 Å². The molecule has 0 saturated heterocycles. The number of hydrogen-bond donors (Lipinski definition) is 0. The molecule has 22 heavy (non-hydrogen) atoms. The first-order chi connectivity index (χ1) is 10.4. The van der Waals surface area contributed by atoms with Crippen molar-refractivity contribution in [3.63, 3.8) is 0 Å². The SMILES string of the molecule is CCOc1ccc(CN(C)S(=O)(=O)c2ccc(Cl)cc2)cc1. The lowest BCUT2D eigenvalue weighted by atomic mass is 10.2. The fourth-order valence-electron chi connectivity index (χ4n) is 1.99. The van der Waals surface area contributed by atoms with Crippen LogP contribution in [0.25, 0.3) is 0 Å². The zero-order chi connectivity index (χ0) is 16.2. The van der Waals surface area contributed by atoms with Crippen LogP contribution < -0.4 is 4.74 Å². The first kappa shape index (κ1) is 16.8. The summed E-state index contributed by atoms with van der Waals surface area (Å²) in [6.45, 7) is 2.81. The van der Waals surface area contributed by atoms with Crippen molar-refractivity contribution in [2.45, 2.75) is 18.4 Å². The molecule has 0 bridgehead atoms. The quantitative estimate of drug-likeness (QED) is 0.808. The van der Waals surface area contributed by atoms with Crippen molar-refractivity contribution < 1.29 is 13.2 Å². The van der Waals surface area contributed by atoms with E-state index in [9.17, 15) is 8.42 Å². The van der Waals surface area contributed by atoms with Crippen LogP contribution in [-0.4, -0.2) is 26.4 Å². The second kappa shape index (κ2) is 7.13. The van der Waals surface area contributed by atoms with Gasteiger partial charge < -0.3 is 4.74 Å². The van der Waals surface area contributed by atoms with Crippen molar-refractivity contribution in [3.05, 3.63) is 59.1 Å². The van der Waals surface area contributed by atoms with Gasteiger partial charge >= 0.3 is 0 Å². The van der Waals surface area contributed by atoms with Gasteiger partial charge in [-0.15, -0.1) is 0 Å². The summed E-state index contributed by atoms with van der Waals surface area (Å²) < 4.78 is 31.6. The predicted molar refractivity (Wildman–Crippen MR) is 87.7 cm³/mol. The molecule has 0 saturated carbocycles. The van der Waals surface area contributed by atoms with Crippen LogP contribution in [0.1, 0.15) is 12.5 Å². The molecule has 0 aliphatic heterocycles. The molecule has 2 aromatic rings. The number of halogens is 1. The van der Waals surface area contributed by atoms with Gasteiger partial charge in [0.2, 0.25) is 10.0 Å². The zero-order valence-corrected chi connectivity index (χ0v) is 14.1. The highest BCUT2D eigenvalue weighted by Crippen LogP contribution is 2.20. The van der Waals surface area contributed by atoms with Crippen molar-refractivity contribution in [2.24, 2.45) is 0 Å². The molecule has 2 aromatic carbocycles. The van der Waals surface area contributed by atoms with Gasteiger partial charge in [-0.1, -0.05) is 23.7 Å². The first-order valence-corrected chi connectivity index (χ1v) is 8.69. The molecule has 0 fully saturated rings. The normalized spacial score (nSPS) is 11.6. The Balaban J connectivity index is 2.13. The van der Waals surface area contributed by atoms with E-state index in [2.05, 4.69) is 0 Å². The topological polar surface area (TPSA) is 46.6 Å². The van der Waals surface area contributed by atoms with Crippen molar-refractivity contribution in [1.29, 1.82) is 0 Å². The Morgan fingerprint density at radius 3 is 2.18 bits per heavy atom. The Morgan fingerprint density at radius 1 is 1.05 bits per heavy atom. The maximum absolute atomic E-state index is 12.5. The number of hydrogen-bond acceptors (Lipinski definition) is 3. The maximum Gasteiger partial charge on any atom is 0.243 e. The Morgan fingerprint density at radius 2 is 1.64 bits per heavy atom. The van der Waals surface area contributed by atoms with E-state index < -0.39 is 10.0 Å². The van der Waals surface area contributed by atoms with Gasteiger partial charge in [0.25, 0.3) is 0 Å². The average molecular weight is 340 g/mol. The van der Waals surface area contributed by atoms with Crippen LogP contribution in [0, 0.1) is 0 Å². The lowest BCUT2D eigenvalue weighted by Gasteiger charge is -2.17. The third-order valence-electron chi connectivity index (χ3n) is 3.16. The number of benzene rings is 2. The van der Waals surface area contributed by atoms with Gasteiger partial charge in [0, 0.05) is 18.6 Å². The van der Waals surface area contributed by atoms with E-state index in [4.69, 9.17) is 16.3 Å². The van der Waals surface area contributed by atoms with E-state index in [1.54, 1.807) is 19.2 Å². The molecule has 0 heterocycles. The third-order valence-corrected chi connectivity index (χ3v) is 5.23. The van der Waals surface area contributed by atoms with Crippen LogP contribution in [0.15, 0.2) is 53.4 Å². The molecule has 0 aliphatic carbocycles. The van der Waals surface area contributed by atoms with Crippen LogP contribution in [0.2, 0.25) is 5.02 Å². The Bertz CT molecular complexity index is 712. The van der Waals surface area contributed by atoms with E-state index >= 15 is 0 Å². The average Bonchev–Trinajstić information content (AvgIpc) is 2.50. The molecule has 0 aliphatic rings. The van der Waals surface area contributed by atoms with Gasteiger partial charge in [-0.3, -0.25) is 0 Å². The molecule has 0 radical (unpaired) electrons. The molecule has 0 N–H and O–H groups in total. The third kappa shape index (κ3) is 4.00. The number of nitrogens with zero attached hydrogens (tertiary/aromatic N) is 1. The number of sulfonamides is 1. The fourth-order valence-corrected chi connectivity index (χ4v) is 3.27. The molecule has 0 unspecified atom stereocenters. The summed E-state index contributed by atoms with van der Waals surface area (Å²) in [6, 6.07) is 13.5. The molecule has 2 rings (SSSR count). The standard InChI is InChI=1S/C16H18ClNO3S/c1-3-21-15-8-4-13(5-9-15)12-18(2)22(19,20)16-10-6-14(17)7-11-16/h4-11H,3,12H2,1-2H3. The monoisotopic (exact) mass is 339 g/mol. The molecule has 118 valence electrons. The Hall–Kier alpha value is -1.56. The summed E-state index contributed by atoms with van der Waals surface area (Å²) >= 11 is 5.79. The minimum Gasteiger partial charge on any atom is -0.494 e. The molecule has 0 aromatic heterocycles. The molecular formula is C16H18ClNO3S. The van der Waals surface area contributed by atoms with Crippen LogP contribution in [0.5, 0.6) is 5.75 Å². The van der Waals surface area contributed by atoms with Gasteiger partial charge in [-0.2, -0.15) is 4.31 Å². The Labute approximate surface area is 136 Å². The van der Waals surface area contributed by atoms with Gasteiger partial charge in [-0.05, 0) is 48.9 Å². The van der Waals surface area contributed by atoms with Gasteiger partial charge in [0.15, 0.2) is 0 Å². The van der Waals surface area contributed by atoms with Crippen molar-refractivity contribution >= 4 is 21.6 Å². The van der Waals surface area contributed by atoms with Gasteiger partial charge in [-0.25, -0.2) is 8.42 Å². The van der Waals surface area contributed by atoms with E-state index in [-0.39, 0.29) is 11.4 Å². The maximum atomic E-state index is 12.5. The summed E-state index contributed by atoms with van der Waals surface area (Å²) in [5.74, 6) is 0.773. The van der Waals surface area contributed by atoms with E-state index in [1.165, 1.54) is 16.4 Å². The van der Waals surface area contributed by atoms with Gasteiger partial charge in [0.1, 0.15) is 5.75 Å². The summed E-state index contributed by atoms with van der Waals surface area (Å²) in [4.78, 5) is 0.227. The lowest BCUT2D eigenvalue weighted by Crippen LogP contribution is -2.26. The minimum absolute atomic E-state index is 0.227. The molecule has 0 amide bonds.